The molecule has 0 aliphatic carbocycles. The fourth-order valence-electron chi connectivity index (χ4n) is 2.69. The number of amides is 2. The minimum absolute atomic E-state index is 0.0789. The average molecular weight is 384 g/mol. The predicted octanol–water partition coefficient (Wildman–Crippen LogP) is 2.17. The van der Waals surface area contributed by atoms with Gasteiger partial charge in [-0.25, -0.2) is 4.79 Å². The third-order valence-corrected chi connectivity index (χ3v) is 4.19. The SMILES string of the molecule is CC(=O)NCCN(C(=O)COc1ccccc1-c1ccccc1)C(C)C(=O)O. The van der Waals surface area contributed by atoms with E-state index in [1.54, 1.807) is 12.1 Å². The highest BCUT2D eigenvalue weighted by Crippen LogP contribution is 2.29. The lowest BCUT2D eigenvalue weighted by Crippen LogP contribution is -2.48. The Morgan fingerprint density at radius 2 is 1.71 bits per heavy atom. The van der Waals surface area contributed by atoms with Gasteiger partial charge in [0, 0.05) is 25.6 Å². The van der Waals surface area contributed by atoms with Gasteiger partial charge in [-0.2, -0.15) is 0 Å². The molecular weight excluding hydrogens is 360 g/mol. The maximum absolute atomic E-state index is 12.6. The van der Waals surface area contributed by atoms with Crippen LogP contribution < -0.4 is 10.1 Å². The number of carbonyl (C=O) groups excluding carboxylic acids is 2. The smallest absolute Gasteiger partial charge is 0.326 e. The molecule has 2 amide bonds. The highest BCUT2D eigenvalue weighted by atomic mass is 16.5. The molecule has 2 rings (SSSR count). The second-order valence-corrected chi connectivity index (χ2v) is 6.24. The number of para-hydroxylation sites is 1. The van der Waals surface area contributed by atoms with Crippen molar-refractivity contribution in [2.24, 2.45) is 0 Å². The van der Waals surface area contributed by atoms with Crippen LogP contribution in [0.25, 0.3) is 11.1 Å². The molecule has 0 saturated heterocycles. The molecule has 1 unspecified atom stereocenters. The molecule has 7 heteroatoms. The third-order valence-electron chi connectivity index (χ3n) is 4.19. The van der Waals surface area contributed by atoms with Crippen molar-refractivity contribution in [1.82, 2.24) is 10.2 Å². The minimum atomic E-state index is -1.12. The Hall–Kier alpha value is -3.35. The number of nitrogens with one attached hydrogen (secondary N) is 1. The molecule has 2 aromatic carbocycles. The fourth-order valence-corrected chi connectivity index (χ4v) is 2.69. The lowest BCUT2D eigenvalue weighted by atomic mass is 10.1. The summed E-state index contributed by atoms with van der Waals surface area (Å²) in [6.07, 6.45) is 0. The standard InChI is InChI=1S/C21H24N2O5/c1-15(21(26)27)23(13-12-22-16(2)24)20(25)14-28-19-11-7-6-10-18(19)17-8-4-3-5-9-17/h3-11,15H,12-14H2,1-2H3,(H,22,24)(H,26,27). The van der Waals surface area contributed by atoms with E-state index in [0.29, 0.717) is 5.75 Å². The Balaban J connectivity index is 2.10. The first-order chi connectivity index (χ1) is 13.4. The van der Waals surface area contributed by atoms with Crippen LogP contribution in [0, 0.1) is 0 Å². The van der Waals surface area contributed by atoms with Crippen LogP contribution in [0.15, 0.2) is 54.6 Å². The summed E-state index contributed by atoms with van der Waals surface area (Å²) in [5.41, 5.74) is 1.79. The first kappa shape index (κ1) is 21.0. The number of hydrogen-bond donors (Lipinski definition) is 2. The zero-order chi connectivity index (χ0) is 20.5. The van der Waals surface area contributed by atoms with Crippen LogP contribution in [0.4, 0.5) is 0 Å². The zero-order valence-corrected chi connectivity index (χ0v) is 15.9. The quantitative estimate of drug-likeness (QED) is 0.691. The van der Waals surface area contributed by atoms with Crippen LogP contribution >= 0.6 is 0 Å². The van der Waals surface area contributed by atoms with Crippen molar-refractivity contribution in [3.05, 3.63) is 54.6 Å². The Morgan fingerprint density at radius 3 is 2.36 bits per heavy atom. The van der Waals surface area contributed by atoms with E-state index in [2.05, 4.69) is 5.32 Å². The summed E-state index contributed by atoms with van der Waals surface area (Å²) in [6.45, 7) is 2.72. The number of carboxylic acid groups (broad SMARTS) is 1. The van der Waals surface area contributed by atoms with Gasteiger partial charge in [0.15, 0.2) is 6.61 Å². The molecule has 0 spiro atoms. The Bertz CT molecular complexity index is 823. The van der Waals surface area contributed by atoms with Gasteiger partial charge < -0.3 is 20.1 Å². The summed E-state index contributed by atoms with van der Waals surface area (Å²) in [7, 11) is 0. The highest BCUT2D eigenvalue weighted by molar-refractivity contribution is 5.84. The van der Waals surface area contributed by atoms with Crippen LogP contribution in [0.5, 0.6) is 5.75 Å². The number of aliphatic carboxylic acids is 1. The Kier molecular flexibility index (Phi) is 7.56. The zero-order valence-electron chi connectivity index (χ0n) is 15.9. The van der Waals surface area contributed by atoms with Gasteiger partial charge >= 0.3 is 5.97 Å². The van der Waals surface area contributed by atoms with Crippen molar-refractivity contribution in [2.45, 2.75) is 19.9 Å². The molecule has 0 radical (unpaired) electrons. The molecule has 28 heavy (non-hydrogen) atoms. The van der Waals surface area contributed by atoms with E-state index >= 15 is 0 Å². The van der Waals surface area contributed by atoms with Gasteiger partial charge in [0.1, 0.15) is 11.8 Å². The molecule has 1 atom stereocenters. The van der Waals surface area contributed by atoms with Crippen LogP contribution in [0.1, 0.15) is 13.8 Å². The fraction of sp³-hybridized carbons (Fsp3) is 0.286. The molecule has 0 aliphatic rings. The van der Waals surface area contributed by atoms with Crippen molar-refractivity contribution in [1.29, 1.82) is 0 Å². The highest BCUT2D eigenvalue weighted by Gasteiger charge is 2.25. The third kappa shape index (κ3) is 5.84. The maximum atomic E-state index is 12.6. The molecule has 0 heterocycles. The molecule has 0 saturated carbocycles. The Morgan fingerprint density at radius 1 is 1.07 bits per heavy atom. The Labute approximate surface area is 163 Å². The number of nitrogens with zero attached hydrogens (tertiary/aromatic N) is 1. The van der Waals surface area contributed by atoms with Gasteiger partial charge in [-0.05, 0) is 18.6 Å². The molecule has 2 N–H and O–H groups in total. The summed E-state index contributed by atoms with van der Waals surface area (Å²) < 4.78 is 5.72. The van der Waals surface area contributed by atoms with E-state index in [1.165, 1.54) is 18.7 Å². The van der Waals surface area contributed by atoms with Gasteiger partial charge in [0.05, 0.1) is 0 Å². The van der Waals surface area contributed by atoms with Gasteiger partial charge in [0.25, 0.3) is 5.91 Å². The molecular formula is C21H24N2O5. The number of ether oxygens (including phenoxy) is 1. The average Bonchev–Trinajstić information content (AvgIpc) is 2.69. The van der Waals surface area contributed by atoms with Crippen LogP contribution in [-0.2, 0) is 14.4 Å². The summed E-state index contributed by atoms with van der Waals surface area (Å²) in [6, 6.07) is 15.9. The van der Waals surface area contributed by atoms with Gasteiger partial charge in [-0.15, -0.1) is 0 Å². The first-order valence-corrected chi connectivity index (χ1v) is 8.94. The summed E-state index contributed by atoms with van der Waals surface area (Å²) in [4.78, 5) is 36.2. The second kappa shape index (κ2) is 10.1. The second-order valence-electron chi connectivity index (χ2n) is 6.24. The predicted molar refractivity (Wildman–Crippen MR) is 105 cm³/mol. The van der Waals surface area contributed by atoms with E-state index in [4.69, 9.17) is 4.74 Å². The first-order valence-electron chi connectivity index (χ1n) is 8.94. The number of rotatable bonds is 9. The number of hydrogen-bond acceptors (Lipinski definition) is 4. The van der Waals surface area contributed by atoms with Crippen molar-refractivity contribution < 1.29 is 24.2 Å². The van der Waals surface area contributed by atoms with E-state index in [-0.39, 0.29) is 25.6 Å². The monoisotopic (exact) mass is 384 g/mol. The number of carboxylic acids is 1. The number of carbonyl (C=O) groups is 3. The summed E-state index contributed by atoms with van der Waals surface area (Å²) in [5.74, 6) is -1.31. The van der Waals surface area contributed by atoms with Gasteiger partial charge in [-0.3, -0.25) is 9.59 Å². The lowest BCUT2D eigenvalue weighted by molar-refractivity contribution is -0.150. The summed E-state index contributed by atoms with van der Waals surface area (Å²) in [5, 5.41) is 11.8. The molecule has 148 valence electrons. The molecule has 7 nitrogen and oxygen atoms in total. The van der Waals surface area contributed by atoms with Crippen molar-refractivity contribution >= 4 is 17.8 Å². The molecule has 0 bridgehead atoms. The van der Waals surface area contributed by atoms with Gasteiger partial charge in [0.2, 0.25) is 5.91 Å². The molecule has 0 aromatic heterocycles. The number of benzene rings is 2. The van der Waals surface area contributed by atoms with Crippen LogP contribution in [-0.4, -0.2) is 53.5 Å². The topological polar surface area (TPSA) is 95.9 Å². The molecule has 0 aliphatic heterocycles. The van der Waals surface area contributed by atoms with E-state index < -0.39 is 17.9 Å². The molecule has 2 aromatic rings. The van der Waals surface area contributed by atoms with Crippen LogP contribution in [0.2, 0.25) is 0 Å². The van der Waals surface area contributed by atoms with Gasteiger partial charge in [-0.1, -0.05) is 48.5 Å². The largest absolute Gasteiger partial charge is 0.483 e. The van der Waals surface area contributed by atoms with Crippen molar-refractivity contribution in [3.63, 3.8) is 0 Å². The van der Waals surface area contributed by atoms with E-state index in [1.807, 2.05) is 42.5 Å². The minimum Gasteiger partial charge on any atom is -0.483 e. The van der Waals surface area contributed by atoms with Crippen molar-refractivity contribution in [2.75, 3.05) is 19.7 Å². The summed E-state index contributed by atoms with van der Waals surface area (Å²) >= 11 is 0. The van der Waals surface area contributed by atoms with E-state index in [9.17, 15) is 19.5 Å². The lowest BCUT2D eigenvalue weighted by Gasteiger charge is -2.26. The molecule has 0 fully saturated rings. The van der Waals surface area contributed by atoms with Crippen LogP contribution in [0.3, 0.4) is 0 Å². The maximum Gasteiger partial charge on any atom is 0.326 e. The van der Waals surface area contributed by atoms with E-state index in [0.717, 1.165) is 11.1 Å². The normalized spacial score (nSPS) is 11.4. The van der Waals surface area contributed by atoms with Crippen molar-refractivity contribution in [3.8, 4) is 16.9 Å².